The molecule has 2 nitrogen and oxygen atoms in total. The van der Waals surface area contributed by atoms with Crippen LogP contribution in [0.25, 0.3) is 0 Å². The molecule has 1 atom stereocenters. The van der Waals surface area contributed by atoms with Crippen LogP contribution in [0.5, 0.6) is 0 Å². The SMILES string of the molecule is CNC1CCN(Cc2ccc(Cl)c(Cl)c2)C1. The van der Waals surface area contributed by atoms with Gasteiger partial charge in [-0.25, -0.2) is 0 Å². The molecule has 1 aliphatic heterocycles. The smallest absolute Gasteiger partial charge is 0.0595 e. The van der Waals surface area contributed by atoms with Crippen molar-refractivity contribution >= 4 is 23.2 Å². The van der Waals surface area contributed by atoms with Gasteiger partial charge in [-0.05, 0) is 31.2 Å². The van der Waals surface area contributed by atoms with Gasteiger partial charge in [0.1, 0.15) is 0 Å². The molecule has 0 bridgehead atoms. The summed E-state index contributed by atoms with van der Waals surface area (Å²) in [6.45, 7) is 3.21. The van der Waals surface area contributed by atoms with Crippen LogP contribution >= 0.6 is 23.2 Å². The summed E-state index contributed by atoms with van der Waals surface area (Å²) < 4.78 is 0. The molecule has 88 valence electrons. The lowest BCUT2D eigenvalue weighted by atomic mass is 10.2. The van der Waals surface area contributed by atoms with Gasteiger partial charge >= 0.3 is 0 Å². The molecule has 1 N–H and O–H groups in total. The van der Waals surface area contributed by atoms with Crippen LogP contribution in [0.1, 0.15) is 12.0 Å². The van der Waals surface area contributed by atoms with E-state index in [1.165, 1.54) is 12.0 Å². The Hall–Kier alpha value is -0.280. The summed E-state index contributed by atoms with van der Waals surface area (Å²) in [5.41, 5.74) is 1.23. The lowest BCUT2D eigenvalue weighted by molar-refractivity contribution is 0.322. The van der Waals surface area contributed by atoms with Crippen LogP contribution in [0, 0.1) is 0 Å². The molecule has 1 unspecified atom stereocenters. The van der Waals surface area contributed by atoms with Gasteiger partial charge in [0.05, 0.1) is 10.0 Å². The molecular formula is C12H16Cl2N2. The monoisotopic (exact) mass is 258 g/mol. The summed E-state index contributed by atoms with van der Waals surface area (Å²) in [6.07, 6.45) is 1.22. The van der Waals surface area contributed by atoms with Crippen molar-refractivity contribution in [3.05, 3.63) is 33.8 Å². The van der Waals surface area contributed by atoms with Gasteiger partial charge < -0.3 is 5.32 Å². The van der Waals surface area contributed by atoms with Gasteiger partial charge in [-0.1, -0.05) is 29.3 Å². The summed E-state index contributed by atoms with van der Waals surface area (Å²) in [4.78, 5) is 2.43. The summed E-state index contributed by atoms with van der Waals surface area (Å²) in [7, 11) is 2.02. The Kier molecular flexibility index (Phi) is 4.09. The van der Waals surface area contributed by atoms with Crippen LogP contribution in [0.3, 0.4) is 0 Å². The Morgan fingerprint density at radius 2 is 2.19 bits per heavy atom. The molecule has 16 heavy (non-hydrogen) atoms. The standard InChI is InChI=1S/C12H16Cl2N2/c1-15-10-4-5-16(8-10)7-9-2-3-11(13)12(14)6-9/h2-3,6,10,15H,4-5,7-8H2,1H3. The molecule has 1 saturated heterocycles. The van der Waals surface area contributed by atoms with Crippen molar-refractivity contribution in [3.8, 4) is 0 Å². The second-order valence-electron chi connectivity index (χ2n) is 4.26. The molecule has 0 aliphatic carbocycles. The third kappa shape index (κ3) is 2.89. The molecule has 1 fully saturated rings. The minimum atomic E-state index is 0.625. The fraction of sp³-hybridized carbons (Fsp3) is 0.500. The minimum Gasteiger partial charge on any atom is -0.316 e. The first-order valence-electron chi connectivity index (χ1n) is 5.52. The first-order valence-corrected chi connectivity index (χ1v) is 6.28. The molecule has 2 rings (SSSR count). The molecule has 4 heteroatoms. The van der Waals surface area contributed by atoms with E-state index in [2.05, 4.69) is 10.2 Å². The Morgan fingerprint density at radius 3 is 2.81 bits per heavy atom. The van der Waals surface area contributed by atoms with Gasteiger partial charge in [-0.15, -0.1) is 0 Å². The first-order chi connectivity index (χ1) is 7.69. The van der Waals surface area contributed by atoms with Crippen molar-refractivity contribution in [2.24, 2.45) is 0 Å². The predicted molar refractivity (Wildman–Crippen MR) is 69.2 cm³/mol. The highest BCUT2D eigenvalue weighted by molar-refractivity contribution is 6.42. The predicted octanol–water partition coefficient (Wildman–Crippen LogP) is 2.79. The largest absolute Gasteiger partial charge is 0.316 e. The van der Waals surface area contributed by atoms with Crippen molar-refractivity contribution < 1.29 is 0 Å². The zero-order valence-electron chi connectivity index (χ0n) is 9.34. The molecule has 0 spiro atoms. The summed E-state index contributed by atoms with van der Waals surface area (Å²) in [5.74, 6) is 0. The zero-order valence-corrected chi connectivity index (χ0v) is 10.9. The van der Waals surface area contributed by atoms with Crippen molar-refractivity contribution in [1.29, 1.82) is 0 Å². The average Bonchev–Trinajstić information content (AvgIpc) is 2.71. The van der Waals surface area contributed by atoms with E-state index in [9.17, 15) is 0 Å². The van der Waals surface area contributed by atoms with E-state index >= 15 is 0 Å². The highest BCUT2D eigenvalue weighted by Crippen LogP contribution is 2.24. The second kappa shape index (κ2) is 5.37. The van der Waals surface area contributed by atoms with Crippen LogP contribution in [0.4, 0.5) is 0 Å². The first kappa shape index (κ1) is 12.2. The van der Waals surface area contributed by atoms with Crippen molar-refractivity contribution in [1.82, 2.24) is 10.2 Å². The maximum Gasteiger partial charge on any atom is 0.0595 e. The summed E-state index contributed by atoms with van der Waals surface area (Å²) in [5, 5.41) is 4.58. The van der Waals surface area contributed by atoms with Gasteiger partial charge in [0.25, 0.3) is 0 Å². The van der Waals surface area contributed by atoms with E-state index in [0.717, 1.165) is 19.6 Å². The third-order valence-electron chi connectivity index (χ3n) is 3.07. The molecule has 0 saturated carbocycles. The number of halogens is 2. The zero-order chi connectivity index (χ0) is 11.5. The summed E-state index contributed by atoms with van der Waals surface area (Å²) >= 11 is 11.9. The topological polar surface area (TPSA) is 15.3 Å². The molecule has 0 radical (unpaired) electrons. The minimum absolute atomic E-state index is 0.625. The van der Waals surface area contributed by atoms with Crippen LogP contribution in [-0.2, 0) is 6.54 Å². The van der Waals surface area contributed by atoms with E-state index < -0.39 is 0 Å². The number of hydrogen-bond acceptors (Lipinski definition) is 2. The van der Waals surface area contributed by atoms with Crippen LogP contribution in [-0.4, -0.2) is 31.1 Å². The number of benzene rings is 1. The summed E-state index contributed by atoms with van der Waals surface area (Å²) in [6, 6.07) is 6.49. The van der Waals surface area contributed by atoms with Crippen molar-refractivity contribution in [2.45, 2.75) is 19.0 Å². The van der Waals surface area contributed by atoms with Gasteiger partial charge in [0.15, 0.2) is 0 Å². The fourth-order valence-electron chi connectivity index (χ4n) is 2.11. The average molecular weight is 259 g/mol. The number of hydrogen-bond donors (Lipinski definition) is 1. The highest BCUT2D eigenvalue weighted by Gasteiger charge is 2.20. The normalized spacial score (nSPS) is 21.6. The van der Waals surface area contributed by atoms with E-state index in [-0.39, 0.29) is 0 Å². The maximum atomic E-state index is 5.99. The Morgan fingerprint density at radius 1 is 1.38 bits per heavy atom. The number of likely N-dealkylation sites (tertiary alicyclic amines) is 1. The van der Waals surface area contributed by atoms with Gasteiger partial charge in [0.2, 0.25) is 0 Å². The van der Waals surface area contributed by atoms with Crippen molar-refractivity contribution in [3.63, 3.8) is 0 Å². The molecule has 1 aromatic carbocycles. The lowest BCUT2D eigenvalue weighted by Crippen LogP contribution is -2.29. The lowest BCUT2D eigenvalue weighted by Gasteiger charge is -2.16. The number of likely N-dealkylation sites (N-methyl/N-ethyl adjacent to an activating group) is 1. The molecular weight excluding hydrogens is 243 g/mol. The number of rotatable bonds is 3. The van der Waals surface area contributed by atoms with E-state index in [4.69, 9.17) is 23.2 Å². The maximum absolute atomic E-state index is 5.99. The molecule has 1 heterocycles. The van der Waals surface area contributed by atoms with Crippen molar-refractivity contribution in [2.75, 3.05) is 20.1 Å². The van der Waals surface area contributed by atoms with Crippen LogP contribution in [0.2, 0.25) is 10.0 Å². The quantitative estimate of drug-likeness (QED) is 0.897. The Labute approximate surface area is 107 Å². The van der Waals surface area contributed by atoms with Crippen LogP contribution in [0.15, 0.2) is 18.2 Å². The Balaban J connectivity index is 1.97. The van der Waals surface area contributed by atoms with Gasteiger partial charge in [-0.3, -0.25) is 4.90 Å². The molecule has 0 aromatic heterocycles. The van der Waals surface area contributed by atoms with Crippen LogP contribution < -0.4 is 5.32 Å². The highest BCUT2D eigenvalue weighted by atomic mass is 35.5. The van der Waals surface area contributed by atoms with E-state index in [1.807, 2.05) is 25.2 Å². The molecule has 0 amide bonds. The fourth-order valence-corrected chi connectivity index (χ4v) is 2.43. The van der Waals surface area contributed by atoms with E-state index in [1.54, 1.807) is 0 Å². The Bertz CT molecular complexity index is 368. The second-order valence-corrected chi connectivity index (χ2v) is 5.07. The third-order valence-corrected chi connectivity index (χ3v) is 3.81. The molecule has 1 aromatic rings. The van der Waals surface area contributed by atoms with Gasteiger partial charge in [-0.2, -0.15) is 0 Å². The van der Waals surface area contributed by atoms with Gasteiger partial charge in [0, 0.05) is 25.7 Å². The molecule has 1 aliphatic rings. The number of nitrogens with zero attached hydrogens (tertiary/aromatic N) is 1. The van der Waals surface area contributed by atoms with E-state index in [0.29, 0.717) is 16.1 Å². The number of nitrogens with one attached hydrogen (secondary N) is 1.